The van der Waals surface area contributed by atoms with E-state index >= 15 is 0 Å². The molecule has 1 aliphatic heterocycles. The largest absolute Gasteiger partial charge is 0.416 e. The van der Waals surface area contributed by atoms with Gasteiger partial charge in [-0.3, -0.25) is 14.4 Å². The normalized spacial score (nSPS) is 14.4. The molecule has 238 valence electrons. The van der Waals surface area contributed by atoms with E-state index in [-0.39, 0.29) is 18.9 Å². The number of nitrogens with zero attached hydrogens (tertiary/aromatic N) is 3. The van der Waals surface area contributed by atoms with Crippen molar-refractivity contribution in [2.45, 2.75) is 57.8 Å². The van der Waals surface area contributed by atoms with E-state index in [1.165, 1.54) is 29.8 Å². The highest BCUT2D eigenvalue weighted by Gasteiger charge is 2.34. The van der Waals surface area contributed by atoms with Crippen molar-refractivity contribution >= 4 is 24.3 Å². The number of hydrogen-bond acceptors (Lipinski definition) is 3. The van der Waals surface area contributed by atoms with Gasteiger partial charge in [0.15, 0.2) is 0 Å². The fraction of sp³-hybridized carbons (Fsp3) is 0.361. The molecule has 0 spiro atoms. The van der Waals surface area contributed by atoms with Crippen LogP contribution in [0, 0.1) is 0 Å². The van der Waals surface area contributed by atoms with Crippen molar-refractivity contribution in [1.29, 1.82) is 0 Å². The average molecular weight is 620 g/mol. The summed E-state index contributed by atoms with van der Waals surface area (Å²) in [6.07, 6.45) is 3.74. The number of rotatable bonds is 13. The maximum absolute atomic E-state index is 14.1. The highest BCUT2D eigenvalue weighted by Crippen LogP contribution is 2.29. The lowest BCUT2D eigenvalue weighted by atomic mass is 10.0. The van der Waals surface area contributed by atoms with Crippen LogP contribution in [0.25, 0.3) is 6.08 Å². The maximum Gasteiger partial charge on any atom is 0.416 e. The van der Waals surface area contributed by atoms with Gasteiger partial charge in [-0.05, 0) is 53.3 Å². The minimum absolute atomic E-state index is 0.170. The van der Waals surface area contributed by atoms with Crippen molar-refractivity contribution in [3.05, 3.63) is 113 Å². The van der Waals surface area contributed by atoms with Crippen LogP contribution in [0.1, 0.15) is 54.0 Å². The molecule has 1 unspecified atom stereocenters. The van der Waals surface area contributed by atoms with Crippen molar-refractivity contribution in [3.8, 4) is 0 Å². The van der Waals surface area contributed by atoms with Crippen molar-refractivity contribution in [2.24, 2.45) is 0 Å². The third-order valence-electron chi connectivity index (χ3n) is 8.09. The molecule has 0 aromatic heterocycles. The zero-order valence-corrected chi connectivity index (χ0v) is 25.6. The second kappa shape index (κ2) is 16.1. The Bertz CT molecular complexity index is 1420. The summed E-state index contributed by atoms with van der Waals surface area (Å²) in [6.45, 7) is 3.87. The average Bonchev–Trinajstić information content (AvgIpc) is 3.06. The topological polar surface area (TPSA) is 60.9 Å². The van der Waals surface area contributed by atoms with Gasteiger partial charge in [-0.15, -0.1) is 0 Å². The molecule has 3 amide bonds. The number of benzene rings is 3. The van der Waals surface area contributed by atoms with E-state index in [2.05, 4.69) is 19.1 Å². The monoisotopic (exact) mass is 619 g/mol. The Morgan fingerprint density at radius 1 is 0.844 bits per heavy atom. The first kappa shape index (κ1) is 33.5. The summed E-state index contributed by atoms with van der Waals surface area (Å²) in [4.78, 5) is 44.2. The number of amides is 3. The number of halogens is 3. The lowest BCUT2D eigenvalue weighted by Gasteiger charge is -2.38. The molecule has 3 aromatic rings. The minimum atomic E-state index is -4.46. The Balaban J connectivity index is 1.64. The van der Waals surface area contributed by atoms with Gasteiger partial charge in [-0.2, -0.15) is 13.2 Å². The Hall–Kier alpha value is -4.40. The van der Waals surface area contributed by atoms with Gasteiger partial charge in [0, 0.05) is 45.2 Å². The summed E-state index contributed by atoms with van der Waals surface area (Å²) in [5.41, 5.74) is 2.62. The number of aryl methyl sites for hydroxylation is 1. The van der Waals surface area contributed by atoms with Crippen LogP contribution in [0.2, 0.25) is 0 Å². The quantitative estimate of drug-likeness (QED) is 0.127. The molecular weight excluding hydrogens is 579 g/mol. The zero-order valence-electron chi connectivity index (χ0n) is 25.6. The van der Waals surface area contributed by atoms with Crippen LogP contribution in [0.4, 0.5) is 13.2 Å². The van der Waals surface area contributed by atoms with Crippen LogP contribution < -0.4 is 0 Å². The lowest BCUT2D eigenvalue weighted by Crippen LogP contribution is -2.56. The van der Waals surface area contributed by atoms with Crippen LogP contribution >= 0.6 is 0 Å². The van der Waals surface area contributed by atoms with Gasteiger partial charge in [-0.1, -0.05) is 86.5 Å². The maximum atomic E-state index is 14.1. The first-order valence-corrected chi connectivity index (χ1v) is 15.4. The predicted octanol–water partition coefficient (Wildman–Crippen LogP) is 6.39. The summed E-state index contributed by atoms with van der Waals surface area (Å²) in [5.74, 6) is -0.639. The number of piperazine rings is 1. The van der Waals surface area contributed by atoms with Crippen LogP contribution in [-0.4, -0.2) is 65.1 Å². The molecule has 1 heterocycles. The molecule has 0 bridgehead atoms. The van der Waals surface area contributed by atoms with E-state index < -0.39 is 23.7 Å². The number of hydrogen-bond donors (Lipinski definition) is 0. The molecule has 4 rings (SSSR count). The Morgan fingerprint density at radius 2 is 1.49 bits per heavy atom. The molecule has 1 aliphatic rings. The van der Waals surface area contributed by atoms with Gasteiger partial charge in [0.1, 0.15) is 6.04 Å². The Kier molecular flexibility index (Phi) is 12.0. The molecule has 0 aliphatic carbocycles. The molecule has 6 nitrogen and oxygen atoms in total. The molecule has 0 N–H and O–H groups in total. The molecule has 1 atom stereocenters. The molecule has 0 radical (unpaired) electrons. The number of unbranched alkanes of at least 4 members (excludes halogenated alkanes) is 2. The van der Waals surface area contributed by atoms with Gasteiger partial charge in [0.05, 0.1) is 5.56 Å². The van der Waals surface area contributed by atoms with Gasteiger partial charge in [-0.25, -0.2) is 0 Å². The van der Waals surface area contributed by atoms with Crippen molar-refractivity contribution < 1.29 is 27.6 Å². The molecule has 1 fully saturated rings. The van der Waals surface area contributed by atoms with Gasteiger partial charge >= 0.3 is 6.18 Å². The number of carbonyl (C=O) groups excluding carboxylic acids is 3. The highest BCUT2D eigenvalue weighted by molar-refractivity contribution is 5.95. The summed E-state index contributed by atoms with van der Waals surface area (Å²) < 4.78 is 39.2. The van der Waals surface area contributed by atoms with Gasteiger partial charge in [0.25, 0.3) is 0 Å². The molecule has 1 saturated heterocycles. The smallest absolute Gasteiger partial charge is 0.342 e. The van der Waals surface area contributed by atoms with Crippen molar-refractivity contribution in [1.82, 2.24) is 14.7 Å². The standard InChI is InChI=1S/C36H40F3N3O3/c1-2-3-5-8-28-11-13-31(14-12-28)26-42(34(44)20-17-29-15-18-32(19-16-29)36(37,38)39)33(25-30-9-6-4-7-10-30)35(45)41-23-21-40(27-43)22-24-41/h4,6-7,9-20,27,33H,2-3,5,8,21-26H2,1H3. The predicted molar refractivity (Wildman–Crippen MR) is 169 cm³/mol. The van der Waals surface area contributed by atoms with E-state index in [1.807, 2.05) is 42.5 Å². The summed E-state index contributed by atoms with van der Waals surface area (Å²) >= 11 is 0. The lowest BCUT2D eigenvalue weighted by molar-refractivity contribution is -0.146. The first-order valence-electron chi connectivity index (χ1n) is 15.4. The minimum Gasteiger partial charge on any atom is -0.342 e. The Labute approximate surface area is 263 Å². The van der Waals surface area contributed by atoms with Crippen LogP contribution in [-0.2, 0) is 39.9 Å². The summed E-state index contributed by atoms with van der Waals surface area (Å²) in [6, 6.07) is 21.3. The molecule has 45 heavy (non-hydrogen) atoms. The molecule has 3 aromatic carbocycles. The molecule has 9 heteroatoms. The fourth-order valence-electron chi connectivity index (χ4n) is 5.40. The van der Waals surface area contributed by atoms with Crippen LogP contribution in [0.15, 0.2) is 84.9 Å². The van der Waals surface area contributed by atoms with Crippen molar-refractivity contribution in [3.63, 3.8) is 0 Å². The van der Waals surface area contributed by atoms with Crippen molar-refractivity contribution in [2.75, 3.05) is 26.2 Å². The highest BCUT2D eigenvalue weighted by atomic mass is 19.4. The van der Waals surface area contributed by atoms with Gasteiger partial charge < -0.3 is 14.7 Å². The first-order chi connectivity index (χ1) is 21.7. The fourth-order valence-corrected chi connectivity index (χ4v) is 5.40. The Morgan fingerprint density at radius 3 is 2.09 bits per heavy atom. The second-order valence-corrected chi connectivity index (χ2v) is 11.4. The van der Waals surface area contributed by atoms with E-state index in [0.717, 1.165) is 55.4 Å². The molecular formula is C36H40F3N3O3. The summed E-state index contributed by atoms with van der Waals surface area (Å²) in [7, 11) is 0. The van der Waals surface area contributed by atoms with E-state index in [0.29, 0.717) is 31.7 Å². The SMILES string of the molecule is CCCCCc1ccc(CN(C(=O)C=Cc2ccc(C(F)(F)F)cc2)C(Cc2ccccc2)C(=O)N2CCN(C=O)CC2)cc1. The third kappa shape index (κ3) is 9.80. The zero-order chi connectivity index (χ0) is 32.2. The van der Waals surface area contributed by atoms with Gasteiger partial charge in [0.2, 0.25) is 18.2 Å². The molecule has 0 saturated carbocycles. The van der Waals surface area contributed by atoms with Crippen LogP contribution in [0.5, 0.6) is 0 Å². The third-order valence-corrected chi connectivity index (χ3v) is 8.09. The van der Waals surface area contributed by atoms with E-state index in [1.54, 1.807) is 14.7 Å². The number of carbonyl (C=O) groups is 3. The van der Waals surface area contributed by atoms with Crippen LogP contribution in [0.3, 0.4) is 0 Å². The number of alkyl halides is 3. The van der Waals surface area contributed by atoms with E-state index in [4.69, 9.17) is 0 Å². The second-order valence-electron chi connectivity index (χ2n) is 11.4. The van der Waals surface area contributed by atoms with E-state index in [9.17, 15) is 27.6 Å². The summed E-state index contributed by atoms with van der Waals surface area (Å²) in [5, 5.41) is 0.